The molecule has 0 aliphatic heterocycles. The Morgan fingerprint density at radius 2 is 2.10 bits per heavy atom. The Labute approximate surface area is 129 Å². The Morgan fingerprint density at radius 3 is 2.57 bits per heavy atom. The number of nitrogens with one attached hydrogen (secondary N) is 1. The molecular weight excluding hydrogens is 308 g/mol. The monoisotopic (exact) mass is 328 g/mol. The number of aryl methyl sites for hydroxylation is 3. The van der Waals surface area contributed by atoms with Crippen LogP contribution in [0.25, 0.3) is 0 Å². The summed E-state index contributed by atoms with van der Waals surface area (Å²) in [5.41, 5.74) is 2.11. The van der Waals surface area contributed by atoms with Gasteiger partial charge in [-0.25, -0.2) is 18.1 Å². The molecule has 1 N–H and O–H groups in total. The fourth-order valence-electron chi connectivity index (χ4n) is 2.17. The van der Waals surface area contributed by atoms with Crippen molar-refractivity contribution in [3.8, 4) is 0 Å². The van der Waals surface area contributed by atoms with Gasteiger partial charge in [-0.3, -0.25) is 4.68 Å². The van der Waals surface area contributed by atoms with Crippen LogP contribution >= 0.6 is 11.3 Å². The van der Waals surface area contributed by atoms with Gasteiger partial charge >= 0.3 is 0 Å². The molecule has 2 aromatic rings. The molecule has 116 valence electrons. The topological polar surface area (TPSA) is 76.9 Å². The molecule has 0 saturated carbocycles. The Hall–Kier alpha value is -1.25. The van der Waals surface area contributed by atoms with Crippen LogP contribution in [0.2, 0.25) is 0 Å². The van der Waals surface area contributed by atoms with Gasteiger partial charge in [-0.15, -0.1) is 11.3 Å². The van der Waals surface area contributed by atoms with Gasteiger partial charge in [0.25, 0.3) is 0 Å². The summed E-state index contributed by atoms with van der Waals surface area (Å²) in [4.78, 5) is 4.68. The first-order chi connectivity index (χ1) is 9.76. The van der Waals surface area contributed by atoms with Gasteiger partial charge in [0.1, 0.15) is 9.90 Å². The highest BCUT2D eigenvalue weighted by atomic mass is 32.2. The Kier molecular flexibility index (Phi) is 4.50. The maximum absolute atomic E-state index is 12.6. The summed E-state index contributed by atoms with van der Waals surface area (Å²) in [5.74, 6) is 0. The number of nitrogens with zero attached hydrogens (tertiary/aromatic N) is 3. The number of aromatic nitrogens is 3. The molecule has 0 spiro atoms. The van der Waals surface area contributed by atoms with E-state index in [1.54, 1.807) is 32.5 Å². The summed E-state index contributed by atoms with van der Waals surface area (Å²) in [6.45, 7) is 7.27. The summed E-state index contributed by atoms with van der Waals surface area (Å²) in [5, 5.41) is 6.89. The fraction of sp³-hybridized carbons (Fsp3) is 0.538. The fourth-order valence-corrected chi connectivity index (χ4v) is 4.80. The van der Waals surface area contributed by atoms with Gasteiger partial charge in [0.15, 0.2) is 0 Å². The third-order valence-corrected chi connectivity index (χ3v) is 6.21. The Balaban J connectivity index is 2.28. The first-order valence-corrected chi connectivity index (χ1v) is 9.09. The first kappa shape index (κ1) is 16.1. The molecule has 0 aliphatic rings. The summed E-state index contributed by atoms with van der Waals surface area (Å²) in [7, 11) is -1.88. The minimum absolute atomic E-state index is 0.254. The second-order valence-electron chi connectivity index (χ2n) is 5.00. The molecule has 0 fully saturated rings. The van der Waals surface area contributed by atoms with Crippen molar-refractivity contribution in [2.75, 3.05) is 0 Å². The molecular formula is C13H20N4O2S2. The third-order valence-electron chi connectivity index (χ3n) is 3.35. The number of hydrogen-bond donors (Lipinski definition) is 1. The molecule has 0 bridgehead atoms. The molecule has 0 aromatic carbocycles. The SMILES string of the molecule is CCc1csc([C@H](C)NS(=O)(=O)c2c(C)nn(C)c2C)n1. The van der Waals surface area contributed by atoms with E-state index in [1.807, 2.05) is 12.3 Å². The van der Waals surface area contributed by atoms with E-state index in [2.05, 4.69) is 14.8 Å². The molecule has 1 atom stereocenters. The van der Waals surface area contributed by atoms with E-state index in [4.69, 9.17) is 0 Å². The van der Waals surface area contributed by atoms with Crippen molar-refractivity contribution < 1.29 is 8.42 Å². The van der Waals surface area contributed by atoms with Crippen molar-refractivity contribution in [3.63, 3.8) is 0 Å². The van der Waals surface area contributed by atoms with Gasteiger partial charge in [0.2, 0.25) is 10.0 Å². The highest BCUT2D eigenvalue weighted by molar-refractivity contribution is 7.89. The van der Waals surface area contributed by atoms with Crippen LogP contribution < -0.4 is 4.72 Å². The van der Waals surface area contributed by atoms with Crippen LogP contribution in [-0.2, 0) is 23.5 Å². The molecule has 6 nitrogen and oxygen atoms in total. The van der Waals surface area contributed by atoms with Crippen LogP contribution in [0.3, 0.4) is 0 Å². The minimum Gasteiger partial charge on any atom is -0.271 e. The molecule has 2 rings (SSSR count). The standard InChI is InChI=1S/C13H20N4O2S2/c1-6-11-7-20-13(14-11)9(3)16-21(18,19)12-8(2)15-17(5)10(12)4/h7,9,16H,6H2,1-5H3/t9-/m0/s1. The smallest absolute Gasteiger partial charge is 0.244 e. The molecule has 8 heteroatoms. The Morgan fingerprint density at radius 1 is 1.43 bits per heavy atom. The van der Waals surface area contributed by atoms with Gasteiger partial charge in [-0.1, -0.05) is 6.92 Å². The van der Waals surface area contributed by atoms with Crippen LogP contribution in [0.1, 0.15) is 42.0 Å². The molecule has 0 unspecified atom stereocenters. The highest BCUT2D eigenvalue weighted by Crippen LogP contribution is 2.23. The molecule has 2 heterocycles. The number of hydrogen-bond acceptors (Lipinski definition) is 5. The predicted molar refractivity (Wildman–Crippen MR) is 82.9 cm³/mol. The van der Waals surface area contributed by atoms with E-state index in [-0.39, 0.29) is 10.9 Å². The summed E-state index contributed by atoms with van der Waals surface area (Å²) in [6, 6.07) is -0.362. The number of sulfonamides is 1. The van der Waals surface area contributed by atoms with Crippen molar-refractivity contribution in [2.24, 2.45) is 7.05 Å². The van der Waals surface area contributed by atoms with E-state index in [0.717, 1.165) is 17.1 Å². The van der Waals surface area contributed by atoms with Gasteiger partial charge in [0, 0.05) is 12.4 Å². The van der Waals surface area contributed by atoms with Gasteiger partial charge < -0.3 is 0 Å². The lowest BCUT2D eigenvalue weighted by Crippen LogP contribution is -2.27. The summed E-state index contributed by atoms with van der Waals surface area (Å²) < 4.78 is 29.4. The van der Waals surface area contributed by atoms with E-state index < -0.39 is 10.0 Å². The van der Waals surface area contributed by atoms with Gasteiger partial charge in [-0.2, -0.15) is 5.10 Å². The number of thiazole rings is 1. The van der Waals surface area contributed by atoms with Crippen molar-refractivity contribution in [1.82, 2.24) is 19.5 Å². The summed E-state index contributed by atoms with van der Waals surface area (Å²) >= 11 is 1.47. The predicted octanol–water partition coefficient (Wildman–Crippen LogP) is 2.10. The van der Waals surface area contributed by atoms with Crippen LogP contribution in [0.4, 0.5) is 0 Å². The van der Waals surface area contributed by atoms with Crippen molar-refractivity contribution >= 4 is 21.4 Å². The second-order valence-corrected chi connectivity index (χ2v) is 7.54. The molecule has 0 aliphatic carbocycles. The molecule has 21 heavy (non-hydrogen) atoms. The zero-order chi connectivity index (χ0) is 15.8. The quantitative estimate of drug-likeness (QED) is 0.912. The normalized spacial score (nSPS) is 13.6. The lowest BCUT2D eigenvalue weighted by molar-refractivity contribution is 0.564. The van der Waals surface area contributed by atoms with Crippen molar-refractivity contribution in [1.29, 1.82) is 0 Å². The first-order valence-electron chi connectivity index (χ1n) is 6.73. The highest BCUT2D eigenvalue weighted by Gasteiger charge is 2.26. The Bertz CT molecular complexity index is 746. The average Bonchev–Trinajstić information content (AvgIpc) is 2.95. The molecule has 0 saturated heterocycles. The van der Waals surface area contributed by atoms with E-state index in [0.29, 0.717) is 11.4 Å². The summed E-state index contributed by atoms with van der Waals surface area (Å²) in [6.07, 6.45) is 0.844. The maximum Gasteiger partial charge on any atom is 0.244 e. The molecule has 0 amide bonds. The van der Waals surface area contributed by atoms with E-state index in [1.165, 1.54) is 11.3 Å². The molecule has 2 aromatic heterocycles. The van der Waals surface area contributed by atoms with Gasteiger partial charge in [0.05, 0.1) is 23.1 Å². The van der Waals surface area contributed by atoms with E-state index >= 15 is 0 Å². The second kappa shape index (κ2) is 5.86. The maximum atomic E-state index is 12.6. The third kappa shape index (κ3) is 3.17. The minimum atomic E-state index is -3.61. The zero-order valence-corrected chi connectivity index (χ0v) is 14.5. The lowest BCUT2D eigenvalue weighted by Gasteiger charge is -2.12. The van der Waals surface area contributed by atoms with E-state index in [9.17, 15) is 8.42 Å². The zero-order valence-electron chi connectivity index (χ0n) is 12.8. The lowest BCUT2D eigenvalue weighted by atomic mass is 10.3. The van der Waals surface area contributed by atoms with Crippen molar-refractivity contribution in [3.05, 3.63) is 27.5 Å². The van der Waals surface area contributed by atoms with Gasteiger partial charge in [-0.05, 0) is 27.2 Å². The van der Waals surface area contributed by atoms with Crippen LogP contribution in [-0.4, -0.2) is 23.2 Å². The van der Waals surface area contributed by atoms with Crippen molar-refractivity contribution in [2.45, 2.75) is 45.1 Å². The molecule has 0 radical (unpaired) electrons. The number of rotatable bonds is 5. The average molecular weight is 328 g/mol. The van der Waals surface area contributed by atoms with Crippen LogP contribution in [0, 0.1) is 13.8 Å². The van der Waals surface area contributed by atoms with Crippen LogP contribution in [0.5, 0.6) is 0 Å². The largest absolute Gasteiger partial charge is 0.271 e. The van der Waals surface area contributed by atoms with Crippen LogP contribution in [0.15, 0.2) is 10.3 Å².